The van der Waals surface area contributed by atoms with Gasteiger partial charge < -0.3 is 24.3 Å². The molecule has 0 amide bonds. The lowest BCUT2D eigenvalue weighted by molar-refractivity contribution is -0.169. The zero-order chi connectivity index (χ0) is 41.2. The number of aliphatic hydroxyl groups excluding tert-OH is 1. The van der Waals surface area contributed by atoms with Crippen LogP contribution >= 0.6 is 61.3 Å². The second-order valence-electron chi connectivity index (χ2n) is 10.8. The second-order valence-corrected chi connectivity index (χ2v) is 15.1. The Hall–Kier alpha value is -2.41. The van der Waals surface area contributed by atoms with Gasteiger partial charge in [-0.15, -0.1) is 0 Å². The smallest absolute Gasteiger partial charge is 0.423 e. The van der Waals surface area contributed by atoms with Crippen molar-refractivity contribution in [1.82, 2.24) is 0 Å². The first kappa shape index (κ1) is 56.7. The minimum Gasteiger partial charge on any atom is -0.423 e. The molecule has 0 spiro atoms. The first-order chi connectivity index (χ1) is 26.5. The van der Waals surface area contributed by atoms with Crippen molar-refractivity contribution in [1.29, 1.82) is 0 Å². The van der Waals surface area contributed by atoms with E-state index in [1.54, 1.807) is 36.4 Å². The monoisotopic (exact) mass is 1070 g/mol. The van der Waals surface area contributed by atoms with Crippen LogP contribution in [0.2, 0.25) is 0 Å². The molecule has 4 aromatic rings. The van der Waals surface area contributed by atoms with Gasteiger partial charge in [-0.3, -0.25) is 0 Å². The van der Waals surface area contributed by atoms with Crippen molar-refractivity contribution >= 4 is 150 Å². The highest BCUT2D eigenvalue weighted by molar-refractivity contribution is 9.11. The van der Waals surface area contributed by atoms with Crippen molar-refractivity contribution in [3.63, 3.8) is 0 Å². The van der Waals surface area contributed by atoms with Gasteiger partial charge in [-0.25, -0.2) is 19.4 Å². The van der Waals surface area contributed by atoms with Crippen molar-refractivity contribution in [2.75, 3.05) is 6.61 Å². The molecule has 57 heavy (non-hydrogen) atoms. The number of halogens is 3. The SMILES string of the molecule is C.S.S=S.S=S=S.[C-]#[N+]c1ccc(C)c(Br)c1.[C-]#[N+]c1ccc(CO)c(Br)c1.[C-]#[N+]c1ccc(COC2CCCCO2)c(Br)c1.[C-]#[N+]c1ccc2c(c1)B(O)OC2. The third kappa shape index (κ3) is 21.4. The summed E-state index contributed by atoms with van der Waals surface area (Å²) in [4.78, 5) is 13.2. The molecule has 6 rings (SSSR count). The van der Waals surface area contributed by atoms with E-state index in [2.05, 4.69) is 112 Å². The summed E-state index contributed by atoms with van der Waals surface area (Å²) in [6.07, 6.45) is 3.19. The van der Waals surface area contributed by atoms with E-state index in [0.717, 1.165) is 69.5 Å². The molecule has 0 aliphatic carbocycles. The molecule has 0 bridgehead atoms. The van der Waals surface area contributed by atoms with Gasteiger partial charge in [0.05, 0.1) is 46.1 Å². The Balaban J connectivity index is 0. The van der Waals surface area contributed by atoms with Crippen LogP contribution < -0.4 is 5.46 Å². The molecular weight excluding hydrogens is 1040 g/mol. The van der Waals surface area contributed by atoms with Gasteiger partial charge in [0, 0.05) is 73.7 Å². The molecule has 2 N–H and O–H groups in total. The third-order valence-corrected chi connectivity index (χ3v) is 9.60. The van der Waals surface area contributed by atoms with E-state index in [4.69, 9.17) is 45.5 Å². The Kier molecular flexibility index (Phi) is 33.2. The number of ether oxygens (including phenoxy) is 2. The quantitative estimate of drug-likeness (QED) is 0.153. The molecule has 0 radical (unpaired) electrons. The highest BCUT2D eigenvalue weighted by Crippen LogP contribution is 2.26. The van der Waals surface area contributed by atoms with Gasteiger partial charge >= 0.3 is 7.12 Å². The summed E-state index contributed by atoms with van der Waals surface area (Å²) in [5.41, 5.74) is 7.13. The minimum atomic E-state index is -0.846. The zero-order valence-corrected chi connectivity index (χ0v) is 39.5. The molecule has 1 atom stereocenters. The number of fused-ring (bicyclic) bond motifs is 1. The molecule has 2 aliphatic heterocycles. The highest BCUT2D eigenvalue weighted by Gasteiger charge is 2.26. The van der Waals surface area contributed by atoms with Crippen molar-refractivity contribution < 1.29 is 24.3 Å². The van der Waals surface area contributed by atoms with Gasteiger partial charge in [0.15, 0.2) is 29.0 Å². The lowest BCUT2D eigenvalue weighted by Crippen LogP contribution is -2.27. The Morgan fingerprint density at radius 2 is 1.26 bits per heavy atom. The standard InChI is InChI=1S/C13H14BrNO2.C8H6BNO2.C8H6BrNO.C8H6BrN.CH4.S3.S2.H2S/c1-15-11-6-5-10(12(14)8-11)9-17-13-4-2-3-7-16-13;1-10-7-3-2-6-5-12-9(11)8(6)4-7;1-10-7-3-2-6(5-11)8(9)4-7;1-6-3-4-7(10-2)5-8(6)9;;1-3-2;1-2;/h5-6,8,13H,2-4,7,9H2;2-4,11H,5H2;2-4,11H,5H2;3-5H,1H3;1H4;;;1H2. The maximum absolute atomic E-state index is 9.28. The highest BCUT2D eigenvalue weighted by atomic mass is 79.9. The van der Waals surface area contributed by atoms with E-state index in [-0.39, 0.29) is 33.8 Å². The van der Waals surface area contributed by atoms with Crippen LogP contribution in [0.5, 0.6) is 0 Å². The van der Waals surface area contributed by atoms with E-state index in [1.807, 2.05) is 43.3 Å². The van der Waals surface area contributed by atoms with Crippen molar-refractivity contribution in [2.24, 2.45) is 0 Å². The van der Waals surface area contributed by atoms with Crippen LogP contribution in [0.4, 0.5) is 22.7 Å². The molecule has 9 nitrogen and oxygen atoms in total. The van der Waals surface area contributed by atoms with Crippen LogP contribution in [-0.4, -0.2) is 30.1 Å². The number of nitrogens with zero attached hydrogens (tertiary/aromatic N) is 4. The summed E-state index contributed by atoms with van der Waals surface area (Å²) in [5.74, 6) is 0. The van der Waals surface area contributed by atoms with E-state index >= 15 is 0 Å². The summed E-state index contributed by atoms with van der Waals surface area (Å²) in [6, 6.07) is 21.4. The molecular formula is C38H38BBr3N4O5S6. The number of hydrogen-bond acceptors (Lipinski definition) is 9. The Morgan fingerprint density at radius 1 is 0.789 bits per heavy atom. The summed E-state index contributed by atoms with van der Waals surface area (Å²) in [5, 5.41) is 18.1. The average molecular weight is 1070 g/mol. The van der Waals surface area contributed by atoms with Crippen LogP contribution in [0.1, 0.15) is 48.9 Å². The molecule has 1 fully saturated rings. The Labute approximate surface area is 391 Å². The molecule has 1 saturated heterocycles. The van der Waals surface area contributed by atoms with Crippen LogP contribution in [0, 0.1) is 33.2 Å². The number of aliphatic hydroxyl groups is 1. The predicted molar refractivity (Wildman–Crippen MR) is 259 cm³/mol. The average Bonchev–Trinajstić information content (AvgIpc) is 3.59. The van der Waals surface area contributed by atoms with Gasteiger partial charge in [0.2, 0.25) is 0 Å². The van der Waals surface area contributed by atoms with E-state index in [0.29, 0.717) is 36.0 Å². The van der Waals surface area contributed by atoms with Crippen molar-refractivity contribution in [3.05, 3.63) is 154 Å². The molecule has 19 heteroatoms. The summed E-state index contributed by atoms with van der Waals surface area (Å²) < 4.78 is 18.9. The number of hydrogen-bond donors (Lipinski definition) is 2. The normalized spacial score (nSPS) is 12.5. The first-order valence-electron chi connectivity index (χ1n) is 15.7. The van der Waals surface area contributed by atoms with Gasteiger partial charge in [0.25, 0.3) is 0 Å². The first-order valence-corrected chi connectivity index (χ1v) is 22.1. The van der Waals surface area contributed by atoms with Crippen LogP contribution in [-0.2, 0) is 87.6 Å². The maximum Gasteiger partial charge on any atom is 0.490 e. The largest absolute Gasteiger partial charge is 0.490 e. The lowest BCUT2D eigenvalue weighted by atomic mass is 9.79. The molecule has 2 aliphatic rings. The van der Waals surface area contributed by atoms with Crippen molar-refractivity contribution in [2.45, 2.75) is 59.7 Å². The summed E-state index contributed by atoms with van der Waals surface area (Å²) in [7, 11) is 0.0710. The number of aryl methyl sites for hydroxylation is 1. The number of benzene rings is 4. The maximum atomic E-state index is 9.28. The topological polar surface area (TPSA) is 85.6 Å². The number of rotatable bonds is 4. The third-order valence-electron chi connectivity index (χ3n) is 7.27. The summed E-state index contributed by atoms with van der Waals surface area (Å²) >= 11 is 25.6. The predicted octanol–water partition coefficient (Wildman–Crippen LogP) is 11.0. The van der Waals surface area contributed by atoms with E-state index in [1.165, 1.54) is 6.42 Å². The minimum absolute atomic E-state index is 0. The fourth-order valence-corrected chi connectivity index (χ4v) is 5.75. The van der Waals surface area contributed by atoms with Crippen LogP contribution in [0.3, 0.4) is 0 Å². The van der Waals surface area contributed by atoms with Gasteiger partial charge in [-0.1, -0.05) is 110 Å². The van der Waals surface area contributed by atoms with Gasteiger partial charge in [0.1, 0.15) is 0 Å². The van der Waals surface area contributed by atoms with Crippen LogP contribution in [0.15, 0.2) is 86.2 Å². The van der Waals surface area contributed by atoms with E-state index < -0.39 is 7.12 Å². The molecule has 4 aromatic carbocycles. The molecule has 300 valence electrons. The molecule has 1 unspecified atom stereocenters. The van der Waals surface area contributed by atoms with Gasteiger partial charge in [-0.05, 0) is 72.1 Å². The van der Waals surface area contributed by atoms with Crippen molar-refractivity contribution in [3.8, 4) is 0 Å². The Bertz CT molecular complexity index is 2070. The molecule has 0 saturated carbocycles. The Morgan fingerprint density at radius 3 is 1.72 bits per heavy atom. The van der Waals surface area contributed by atoms with Gasteiger partial charge in [-0.2, -0.15) is 13.5 Å². The molecule has 0 aromatic heterocycles. The molecule has 2 heterocycles. The van der Waals surface area contributed by atoms with E-state index in [9.17, 15) is 5.02 Å². The lowest BCUT2D eigenvalue weighted by Gasteiger charge is -2.22. The van der Waals surface area contributed by atoms with Crippen LogP contribution in [0.25, 0.3) is 19.4 Å². The fourth-order valence-electron chi connectivity index (χ4n) is 4.41. The summed E-state index contributed by atoms with van der Waals surface area (Å²) in [6.45, 7) is 30.9. The fraction of sp³-hybridized carbons (Fsp3) is 0.263. The second kappa shape index (κ2) is 33.4. The zero-order valence-electron chi connectivity index (χ0n) is 29.6.